The standard InChI is InChI=1S/C17H17NO2/c1-12-7-9-14(10-8-12)17(20)11-13(2)18-15-5-3-4-6-16(15)19/h3-11,18-19H,1-2H3. The number of nitrogens with one attached hydrogen (secondary N) is 1. The van der Waals surface area contributed by atoms with Crippen LogP contribution >= 0.6 is 0 Å². The molecule has 0 bridgehead atoms. The first-order valence-corrected chi connectivity index (χ1v) is 6.40. The van der Waals surface area contributed by atoms with Gasteiger partial charge in [-0.1, -0.05) is 42.0 Å². The molecule has 0 aliphatic carbocycles. The van der Waals surface area contributed by atoms with Crippen molar-refractivity contribution in [3.8, 4) is 5.75 Å². The van der Waals surface area contributed by atoms with Crippen LogP contribution in [0, 0.1) is 6.92 Å². The van der Waals surface area contributed by atoms with Gasteiger partial charge in [-0.3, -0.25) is 4.79 Å². The maximum absolute atomic E-state index is 12.1. The summed E-state index contributed by atoms with van der Waals surface area (Å²) in [5.41, 5.74) is 3.03. The van der Waals surface area contributed by atoms with E-state index in [1.165, 1.54) is 6.08 Å². The number of para-hydroxylation sites is 2. The van der Waals surface area contributed by atoms with E-state index in [1.807, 2.05) is 25.1 Å². The SMILES string of the molecule is CC(=CC(=O)c1ccc(C)cc1)Nc1ccccc1O. The summed E-state index contributed by atoms with van der Waals surface area (Å²) in [5.74, 6) is 0.0912. The number of allylic oxidation sites excluding steroid dienone is 2. The smallest absolute Gasteiger partial charge is 0.187 e. The number of hydrogen-bond donors (Lipinski definition) is 2. The Morgan fingerprint density at radius 1 is 1.10 bits per heavy atom. The van der Waals surface area contributed by atoms with Crippen molar-refractivity contribution in [3.63, 3.8) is 0 Å². The Kier molecular flexibility index (Phi) is 4.20. The number of hydrogen-bond acceptors (Lipinski definition) is 3. The van der Waals surface area contributed by atoms with Crippen LogP contribution in [0.3, 0.4) is 0 Å². The predicted octanol–water partition coefficient (Wildman–Crippen LogP) is 3.90. The lowest BCUT2D eigenvalue weighted by molar-refractivity contribution is 0.104. The van der Waals surface area contributed by atoms with E-state index in [0.29, 0.717) is 16.9 Å². The second-order valence-corrected chi connectivity index (χ2v) is 4.70. The summed E-state index contributed by atoms with van der Waals surface area (Å²) < 4.78 is 0. The molecule has 0 aromatic heterocycles. The normalized spacial score (nSPS) is 11.2. The maximum Gasteiger partial charge on any atom is 0.187 e. The van der Waals surface area contributed by atoms with E-state index >= 15 is 0 Å². The lowest BCUT2D eigenvalue weighted by Gasteiger charge is -2.08. The van der Waals surface area contributed by atoms with Gasteiger partial charge in [0.1, 0.15) is 5.75 Å². The minimum Gasteiger partial charge on any atom is -0.506 e. The van der Waals surface area contributed by atoms with Crippen molar-refractivity contribution in [2.45, 2.75) is 13.8 Å². The summed E-state index contributed by atoms with van der Waals surface area (Å²) in [6.07, 6.45) is 1.52. The summed E-state index contributed by atoms with van der Waals surface area (Å²) in [6, 6.07) is 14.3. The van der Waals surface area contributed by atoms with Crippen LogP contribution in [0.2, 0.25) is 0 Å². The average molecular weight is 267 g/mol. The molecule has 0 saturated heterocycles. The number of phenolic OH excluding ortho intramolecular Hbond substituents is 1. The van der Waals surface area contributed by atoms with Crippen LogP contribution in [-0.4, -0.2) is 10.9 Å². The molecular formula is C17H17NO2. The zero-order valence-electron chi connectivity index (χ0n) is 11.6. The molecule has 0 spiro atoms. The fraction of sp³-hybridized carbons (Fsp3) is 0.118. The molecule has 3 heteroatoms. The van der Waals surface area contributed by atoms with Gasteiger partial charge in [0.15, 0.2) is 5.78 Å². The van der Waals surface area contributed by atoms with E-state index in [2.05, 4.69) is 5.32 Å². The molecule has 0 unspecified atom stereocenters. The molecule has 102 valence electrons. The average Bonchev–Trinajstić information content (AvgIpc) is 2.42. The number of phenols is 1. The predicted molar refractivity (Wildman–Crippen MR) is 81.0 cm³/mol. The Morgan fingerprint density at radius 2 is 1.75 bits per heavy atom. The molecule has 0 atom stereocenters. The minimum absolute atomic E-state index is 0.0644. The highest BCUT2D eigenvalue weighted by Gasteiger charge is 2.04. The van der Waals surface area contributed by atoms with Gasteiger partial charge < -0.3 is 10.4 Å². The van der Waals surface area contributed by atoms with E-state index in [-0.39, 0.29) is 11.5 Å². The van der Waals surface area contributed by atoms with Crippen LogP contribution in [-0.2, 0) is 0 Å². The Morgan fingerprint density at radius 3 is 2.40 bits per heavy atom. The van der Waals surface area contributed by atoms with Gasteiger partial charge in [0.25, 0.3) is 0 Å². The molecule has 20 heavy (non-hydrogen) atoms. The zero-order valence-corrected chi connectivity index (χ0v) is 11.6. The van der Waals surface area contributed by atoms with Gasteiger partial charge in [0.2, 0.25) is 0 Å². The van der Waals surface area contributed by atoms with Crippen molar-refractivity contribution < 1.29 is 9.90 Å². The molecule has 2 aromatic rings. The number of aromatic hydroxyl groups is 1. The van der Waals surface area contributed by atoms with Gasteiger partial charge in [-0.25, -0.2) is 0 Å². The monoisotopic (exact) mass is 267 g/mol. The summed E-state index contributed by atoms with van der Waals surface area (Å²) in [4.78, 5) is 12.1. The molecule has 0 fully saturated rings. The summed E-state index contributed by atoms with van der Waals surface area (Å²) >= 11 is 0. The zero-order chi connectivity index (χ0) is 14.5. The van der Waals surface area contributed by atoms with Crippen molar-refractivity contribution in [3.05, 3.63) is 71.4 Å². The van der Waals surface area contributed by atoms with Crippen LogP contribution in [0.25, 0.3) is 0 Å². The molecule has 2 aromatic carbocycles. The van der Waals surface area contributed by atoms with Gasteiger partial charge in [-0.2, -0.15) is 0 Å². The van der Waals surface area contributed by atoms with Crippen molar-refractivity contribution in [2.75, 3.05) is 5.32 Å². The Balaban J connectivity index is 2.12. The first kappa shape index (κ1) is 13.9. The molecule has 0 radical (unpaired) electrons. The maximum atomic E-state index is 12.1. The number of carbonyl (C=O) groups is 1. The van der Waals surface area contributed by atoms with Crippen LogP contribution in [0.15, 0.2) is 60.3 Å². The van der Waals surface area contributed by atoms with E-state index in [4.69, 9.17) is 0 Å². The highest BCUT2D eigenvalue weighted by Crippen LogP contribution is 2.23. The third-order valence-electron chi connectivity index (χ3n) is 2.92. The van der Waals surface area contributed by atoms with E-state index in [1.54, 1.807) is 37.3 Å². The summed E-state index contributed by atoms with van der Waals surface area (Å²) in [5, 5.41) is 12.7. The van der Waals surface area contributed by atoms with Crippen LogP contribution in [0.5, 0.6) is 5.75 Å². The molecule has 0 aliphatic heterocycles. The highest BCUT2D eigenvalue weighted by atomic mass is 16.3. The van der Waals surface area contributed by atoms with E-state index in [9.17, 15) is 9.90 Å². The molecule has 0 saturated carbocycles. The molecule has 2 N–H and O–H groups in total. The van der Waals surface area contributed by atoms with E-state index in [0.717, 1.165) is 5.56 Å². The topological polar surface area (TPSA) is 49.3 Å². The van der Waals surface area contributed by atoms with Gasteiger partial charge in [0, 0.05) is 17.3 Å². The Hall–Kier alpha value is -2.55. The fourth-order valence-corrected chi connectivity index (χ4v) is 1.83. The van der Waals surface area contributed by atoms with Gasteiger partial charge in [-0.15, -0.1) is 0 Å². The minimum atomic E-state index is -0.0644. The largest absolute Gasteiger partial charge is 0.506 e. The van der Waals surface area contributed by atoms with Gasteiger partial charge >= 0.3 is 0 Å². The van der Waals surface area contributed by atoms with Crippen LogP contribution < -0.4 is 5.32 Å². The molecule has 0 amide bonds. The Bertz CT molecular complexity index is 642. The number of anilines is 1. The van der Waals surface area contributed by atoms with E-state index < -0.39 is 0 Å². The first-order chi connectivity index (χ1) is 9.56. The molecule has 0 heterocycles. The van der Waals surface area contributed by atoms with Gasteiger partial charge in [-0.05, 0) is 26.0 Å². The number of carbonyl (C=O) groups excluding carboxylic acids is 1. The number of aryl methyl sites for hydroxylation is 1. The van der Waals surface area contributed by atoms with Crippen molar-refractivity contribution in [1.29, 1.82) is 0 Å². The van der Waals surface area contributed by atoms with Crippen LogP contribution in [0.1, 0.15) is 22.8 Å². The van der Waals surface area contributed by atoms with Crippen molar-refractivity contribution in [1.82, 2.24) is 0 Å². The number of ketones is 1. The second kappa shape index (κ2) is 6.06. The van der Waals surface area contributed by atoms with Gasteiger partial charge in [0.05, 0.1) is 5.69 Å². The first-order valence-electron chi connectivity index (χ1n) is 6.40. The molecule has 2 rings (SSSR count). The summed E-state index contributed by atoms with van der Waals surface area (Å²) in [7, 11) is 0. The third-order valence-corrected chi connectivity index (χ3v) is 2.92. The number of benzene rings is 2. The van der Waals surface area contributed by atoms with Crippen LogP contribution in [0.4, 0.5) is 5.69 Å². The molecule has 0 aliphatic rings. The Labute approximate surface area is 118 Å². The molecular weight excluding hydrogens is 250 g/mol. The third kappa shape index (κ3) is 3.48. The second-order valence-electron chi connectivity index (χ2n) is 4.70. The lowest BCUT2D eigenvalue weighted by atomic mass is 10.1. The lowest BCUT2D eigenvalue weighted by Crippen LogP contribution is -2.01. The van der Waals surface area contributed by atoms with Crippen molar-refractivity contribution >= 4 is 11.5 Å². The van der Waals surface area contributed by atoms with Crippen molar-refractivity contribution in [2.24, 2.45) is 0 Å². The fourth-order valence-electron chi connectivity index (χ4n) is 1.83. The number of rotatable bonds is 4. The summed E-state index contributed by atoms with van der Waals surface area (Å²) in [6.45, 7) is 3.77. The quantitative estimate of drug-likeness (QED) is 0.502. The molecule has 3 nitrogen and oxygen atoms in total. The highest BCUT2D eigenvalue weighted by molar-refractivity contribution is 6.05.